The molecule has 8 heteroatoms. The van der Waals surface area contributed by atoms with Crippen molar-refractivity contribution in [3.05, 3.63) is 70.4 Å². The molecular formula is C22H23ClN2O4S. The van der Waals surface area contributed by atoms with Crippen LogP contribution in [0.25, 0.3) is 10.9 Å². The summed E-state index contributed by atoms with van der Waals surface area (Å²) in [6.45, 7) is -0.162. The fraction of sp³-hybridized carbons (Fsp3) is 0.318. The first kappa shape index (κ1) is 20.9. The quantitative estimate of drug-likeness (QED) is 0.519. The number of carbonyl (C=O) groups excluding carboxylic acids is 1. The van der Waals surface area contributed by atoms with Crippen LogP contribution in [0.1, 0.15) is 34.0 Å². The van der Waals surface area contributed by atoms with Gasteiger partial charge in [0.2, 0.25) is 0 Å². The monoisotopic (exact) mass is 446 g/mol. The van der Waals surface area contributed by atoms with Gasteiger partial charge in [-0.3, -0.25) is 4.79 Å². The molecule has 0 saturated carbocycles. The summed E-state index contributed by atoms with van der Waals surface area (Å²) in [5.41, 5.74) is 3.22. The molecule has 158 valence electrons. The molecule has 4 rings (SSSR count). The van der Waals surface area contributed by atoms with Crippen molar-refractivity contribution in [3.8, 4) is 0 Å². The maximum Gasteiger partial charge on any atom is 0.267 e. The summed E-state index contributed by atoms with van der Waals surface area (Å²) in [5, 5.41) is 13.4. The molecule has 2 aromatic carbocycles. The van der Waals surface area contributed by atoms with Gasteiger partial charge in [-0.1, -0.05) is 35.9 Å². The minimum absolute atomic E-state index is 0.0583. The number of aliphatic hydroxyl groups is 1. The Labute approximate surface area is 180 Å². The number of fused-ring (bicyclic) bond motifs is 2. The van der Waals surface area contributed by atoms with Gasteiger partial charge < -0.3 is 15.4 Å². The molecule has 3 aromatic rings. The van der Waals surface area contributed by atoms with Gasteiger partial charge in [-0.2, -0.15) is 0 Å². The molecule has 3 N–H and O–H groups in total. The number of hydrogen-bond acceptors (Lipinski definition) is 4. The summed E-state index contributed by atoms with van der Waals surface area (Å²) >= 11 is 6.03. The van der Waals surface area contributed by atoms with E-state index in [0.29, 0.717) is 17.1 Å². The fourth-order valence-corrected chi connectivity index (χ4v) is 6.02. The smallest absolute Gasteiger partial charge is 0.267 e. The topological polar surface area (TPSA) is 99.3 Å². The van der Waals surface area contributed by atoms with Gasteiger partial charge in [0.1, 0.15) is 5.69 Å². The molecule has 0 saturated heterocycles. The number of carbonyl (C=O) groups is 1. The Morgan fingerprint density at radius 1 is 1.20 bits per heavy atom. The average molecular weight is 447 g/mol. The molecule has 0 unspecified atom stereocenters. The second-order valence-corrected chi connectivity index (χ2v) is 10.4. The van der Waals surface area contributed by atoms with Crippen molar-refractivity contribution in [1.82, 2.24) is 10.3 Å². The number of hydrogen-bond donors (Lipinski definition) is 3. The maximum atomic E-state index is 12.9. The van der Waals surface area contributed by atoms with Crippen molar-refractivity contribution in [2.45, 2.75) is 24.8 Å². The van der Waals surface area contributed by atoms with Crippen LogP contribution in [0.5, 0.6) is 0 Å². The number of H-pyrrole nitrogens is 1. The first-order chi connectivity index (χ1) is 14.4. The Morgan fingerprint density at radius 2 is 2.00 bits per heavy atom. The molecule has 2 atom stereocenters. The molecule has 1 amide bonds. The van der Waals surface area contributed by atoms with Crippen LogP contribution >= 0.6 is 11.6 Å². The van der Waals surface area contributed by atoms with E-state index in [0.717, 1.165) is 22.0 Å². The molecule has 0 aliphatic heterocycles. The van der Waals surface area contributed by atoms with Crippen LogP contribution in [0, 0.1) is 0 Å². The highest BCUT2D eigenvalue weighted by atomic mass is 35.5. The zero-order valence-electron chi connectivity index (χ0n) is 16.3. The van der Waals surface area contributed by atoms with E-state index in [1.54, 1.807) is 18.2 Å². The van der Waals surface area contributed by atoms with Crippen LogP contribution in [0.2, 0.25) is 5.02 Å². The zero-order chi connectivity index (χ0) is 21.3. The van der Waals surface area contributed by atoms with Crippen molar-refractivity contribution in [1.29, 1.82) is 0 Å². The van der Waals surface area contributed by atoms with Gasteiger partial charge in [-0.05, 0) is 48.2 Å². The summed E-state index contributed by atoms with van der Waals surface area (Å²) in [6, 6.07) is 14.5. The lowest BCUT2D eigenvalue weighted by atomic mass is 10.0. The minimum atomic E-state index is -3.36. The van der Waals surface area contributed by atoms with E-state index in [1.165, 1.54) is 0 Å². The second-order valence-electron chi connectivity index (χ2n) is 7.70. The minimum Gasteiger partial charge on any atom is -0.396 e. The second kappa shape index (κ2) is 8.41. The zero-order valence-corrected chi connectivity index (χ0v) is 17.8. The Morgan fingerprint density at radius 3 is 2.80 bits per heavy atom. The number of nitrogens with one attached hydrogen (secondary N) is 2. The van der Waals surface area contributed by atoms with E-state index in [9.17, 15) is 13.2 Å². The van der Waals surface area contributed by atoms with Crippen LogP contribution in [-0.2, 0) is 16.3 Å². The molecule has 0 bridgehead atoms. The highest BCUT2D eigenvalue weighted by Crippen LogP contribution is 2.35. The van der Waals surface area contributed by atoms with E-state index < -0.39 is 9.84 Å². The van der Waals surface area contributed by atoms with Crippen molar-refractivity contribution in [2.75, 3.05) is 18.1 Å². The lowest BCUT2D eigenvalue weighted by Crippen LogP contribution is -2.40. The van der Waals surface area contributed by atoms with Crippen LogP contribution in [0.15, 0.2) is 48.5 Å². The van der Waals surface area contributed by atoms with E-state index in [2.05, 4.69) is 10.3 Å². The van der Waals surface area contributed by atoms with Gasteiger partial charge >= 0.3 is 0 Å². The molecule has 1 heterocycles. The third-order valence-corrected chi connectivity index (χ3v) is 7.58. The normalized spacial score (nSPS) is 18.5. The molecule has 30 heavy (non-hydrogen) atoms. The highest BCUT2D eigenvalue weighted by molar-refractivity contribution is 7.91. The molecule has 6 nitrogen and oxygen atoms in total. The molecule has 0 fully saturated rings. The lowest BCUT2D eigenvalue weighted by molar-refractivity contribution is 0.0930. The summed E-state index contributed by atoms with van der Waals surface area (Å²) in [4.78, 5) is 16.0. The highest BCUT2D eigenvalue weighted by Gasteiger charge is 2.36. The largest absolute Gasteiger partial charge is 0.396 e. The fourth-order valence-electron chi connectivity index (χ4n) is 4.15. The average Bonchev–Trinajstić information content (AvgIpc) is 3.27. The Bertz CT molecular complexity index is 1190. The van der Waals surface area contributed by atoms with Crippen molar-refractivity contribution in [2.24, 2.45) is 0 Å². The molecule has 0 radical (unpaired) electrons. The number of sulfone groups is 1. The summed E-state index contributed by atoms with van der Waals surface area (Å²) < 4.78 is 25.1. The van der Waals surface area contributed by atoms with Gasteiger partial charge in [0.05, 0.1) is 11.5 Å². The summed E-state index contributed by atoms with van der Waals surface area (Å²) in [5.74, 6) is -0.728. The van der Waals surface area contributed by atoms with E-state index in [-0.39, 0.29) is 42.4 Å². The molecule has 0 spiro atoms. The lowest BCUT2D eigenvalue weighted by Gasteiger charge is -2.21. The van der Waals surface area contributed by atoms with Gasteiger partial charge in [-0.25, -0.2) is 8.42 Å². The number of amides is 1. The van der Waals surface area contributed by atoms with E-state index in [4.69, 9.17) is 16.7 Å². The van der Waals surface area contributed by atoms with E-state index in [1.807, 2.05) is 30.3 Å². The molecule has 1 aromatic heterocycles. The standard InChI is InChI=1S/C22H23ClN2O4S/c23-16-6-7-19-15(10-16)12-21(24-19)22(27)25-20-11-14-4-1-2-5-17(14)18(20)13-30(28,29)9-3-8-26/h1-2,4-7,10,12,18,20,24,26H,3,8-9,11,13H2,(H,25,27)/t18-,20-/m1/s1. The van der Waals surface area contributed by atoms with E-state index >= 15 is 0 Å². The SMILES string of the molecule is O=C(N[C@@H]1Cc2ccccc2[C@H]1CS(=O)(=O)CCCO)c1cc2cc(Cl)ccc2[nH]1. The van der Waals surface area contributed by atoms with Gasteiger partial charge in [0.25, 0.3) is 5.91 Å². The first-order valence-corrected chi connectivity index (χ1v) is 12.0. The first-order valence-electron chi connectivity index (χ1n) is 9.84. The number of aromatic amines is 1. The number of halogens is 1. The van der Waals surface area contributed by atoms with Crippen LogP contribution in [0.3, 0.4) is 0 Å². The summed E-state index contributed by atoms with van der Waals surface area (Å²) in [7, 11) is -3.36. The van der Waals surface area contributed by atoms with Crippen molar-refractivity contribution < 1.29 is 18.3 Å². The van der Waals surface area contributed by atoms with Crippen molar-refractivity contribution in [3.63, 3.8) is 0 Å². The number of rotatable bonds is 7. The van der Waals surface area contributed by atoms with Crippen LogP contribution in [-0.4, -0.2) is 48.6 Å². The van der Waals surface area contributed by atoms with Gasteiger partial charge in [0, 0.05) is 34.5 Å². The number of aromatic nitrogens is 1. The van der Waals surface area contributed by atoms with Crippen LogP contribution < -0.4 is 5.32 Å². The van der Waals surface area contributed by atoms with Gasteiger partial charge in [0.15, 0.2) is 9.84 Å². The molecule has 1 aliphatic carbocycles. The number of aliphatic hydroxyl groups excluding tert-OH is 1. The predicted molar refractivity (Wildman–Crippen MR) is 118 cm³/mol. The Balaban J connectivity index is 1.57. The molecular weight excluding hydrogens is 424 g/mol. The summed E-state index contributed by atoms with van der Waals surface area (Å²) in [6.07, 6.45) is 0.791. The number of benzene rings is 2. The Hall–Kier alpha value is -2.35. The third kappa shape index (κ3) is 4.38. The van der Waals surface area contributed by atoms with Gasteiger partial charge in [-0.15, -0.1) is 0 Å². The predicted octanol–water partition coefficient (Wildman–Crippen LogP) is 3.06. The molecule has 1 aliphatic rings. The third-order valence-electron chi connectivity index (χ3n) is 5.57. The van der Waals surface area contributed by atoms with Crippen LogP contribution in [0.4, 0.5) is 0 Å². The Kier molecular flexibility index (Phi) is 5.86. The van der Waals surface area contributed by atoms with Crippen molar-refractivity contribution >= 4 is 38.2 Å². The maximum absolute atomic E-state index is 12.9.